The van der Waals surface area contributed by atoms with Gasteiger partial charge < -0.3 is 11.2 Å². The third kappa shape index (κ3) is 4.43. The SMILES string of the molecule is Cc1cccc(-c2nnc(SCC(=O)Nc3c(C)cc(C)cc3Cl)n2N)c1. The van der Waals surface area contributed by atoms with Crippen LogP contribution < -0.4 is 11.2 Å². The van der Waals surface area contributed by atoms with Gasteiger partial charge in [0.25, 0.3) is 0 Å². The van der Waals surface area contributed by atoms with Gasteiger partial charge in [-0.1, -0.05) is 53.2 Å². The van der Waals surface area contributed by atoms with Gasteiger partial charge in [-0.15, -0.1) is 10.2 Å². The molecule has 0 saturated heterocycles. The average Bonchev–Trinajstić information content (AvgIpc) is 2.97. The van der Waals surface area contributed by atoms with Crippen LogP contribution in [0, 0.1) is 20.8 Å². The zero-order chi connectivity index (χ0) is 19.6. The Labute approximate surface area is 167 Å². The largest absolute Gasteiger partial charge is 0.335 e. The first kappa shape index (κ1) is 19.3. The first-order valence-electron chi connectivity index (χ1n) is 8.32. The van der Waals surface area contributed by atoms with Crippen molar-refractivity contribution in [3.8, 4) is 11.4 Å². The number of rotatable bonds is 5. The molecular formula is C19H20ClN5OS. The first-order valence-corrected chi connectivity index (χ1v) is 9.68. The van der Waals surface area contributed by atoms with E-state index in [1.54, 1.807) is 0 Å². The number of benzene rings is 2. The van der Waals surface area contributed by atoms with E-state index < -0.39 is 0 Å². The molecule has 0 bridgehead atoms. The monoisotopic (exact) mass is 401 g/mol. The van der Waals surface area contributed by atoms with Crippen LogP contribution in [0.2, 0.25) is 5.02 Å². The molecule has 1 heterocycles. The maximum atomic E-state index is 12.3. The lowest BCUT2D eigenvalue weighted by Crippen LogP contribution is -2.17. The number of carbonyl (C=O) groups excluding carboxylic acids is 1. The number of nitrogens with two attached hydrogens (primary N) is 1. The second kappa shape index (κ2) is 8.02. The number of halogens is 1. The van der Waals surface area contributed by atoms with Crippen LogP contribution in [0.1, 0.15) is 16.7 Å². The molecule has 0 spiro atoms. The molecule has 0 saturated carbocycles. The van der Waals surface area contributed by atoms with E-state index in [1.165, 1.54) is 16.4 Å². The van der Waals surface area contributed by atoms with Crippen molar-refractivity contribution in [2.45, 2.75) is 25.9 Å². The number of aryl methyl sites for hydroxylation is 3. The Morgan fingerprint density at radius 1 is 1.19 bits per heavy atom. The quantitative estimate of drug-likeness (QED) is 0.499. The van der Waals surface area contributed by atoms with E-state index in [9.17, 15) is 4.79 Å². The van der Waals surface area contributed by atoms with Crippen molar-refractivity contribution in [2.75, 3.05) is 16.9 Å². The Hall–Kier alpha value is -2.51. The smallest absolute Gasteiger partial charge is 0.234 e. The average molecular weight is 402 g/mol. The maximum Gasteiger partial charge on any atom is 0.234 e. The molecule has 0 fully saturated rings. The summed E-state index contributed by atoms with van der Waals surface area (Å²) < 4.78 is 1.40. The summed E-state index contributed by atoms with van der Waals surface area (Å²) in [6.45, 7) is 5.87. The van der Waals surface area contributed by atoms with Gasteiger partial charge in [0.05, 0.1) is 16.5 Å². The third-order valence-electron chi connectivity index (χ3n) is 3.97. The summed E-state index contributed by atoms with van der Waals surface area (Å²) in [5.41, 5.74) is 4.58. The van der Waals surface area contributed by atoms with Crippen LogP contribution in [0.5, 0.6) is 0 Å². The fourth-order valence-corrected chi connectivity index (χ4v) is 3.76. The Bertz CT molecular complexity index is 979. The fraction of sp³-hybridized carbons (Fsp3) is 0.211. The van der Waals surface area contributed by atoms with E-state index in [1.807, 2.05) is 57.2 Å². The van der Waals surface area contributed by atoms with Gasteiger partial charge in [0.15, 0.2) is 5.82 Å². The van der Waals surface area contributed by atoms with Crippen molar-refractivity contribution in [2.24, 2.45) is 0 Å². The minimum absolute atomic E-state index is 0.146. The number of carbonyl (C=O) groups is 1. The molecule has 0 atom stereocenters. The molecule has 0 aliphatic heterocycles. The topological polar surface area (TPSA) is 85.8 Å². The number of thioether (sulfide) groups is 1. The second-order valence-corrected chi connectivity index (χ2v) is 7.67. The van der Waals surface area contributed by atoms with Crippen molar-refractivity contribution in [1.82, 2.24) is 14.9 Å². The van der Waals surface area contributed by atoms with Crippen LogP contribution in [0.25, 0.3) is 11.4 Å². The Morgan fingerprint density at radius 2 is 1.96 bits per heavy atom. The molecule has 0 radical (unpaired) electrons. The molecule has 6 nitrogen and oxygen atoms in total. The van der Waals surface area contributed by atoms with Crippen molar-refractivity contribution in [1.29, 1.82) is 0 Å². The van der Waals surface area contributed by atoms with E-state index in [-0.39, 0.29) is 11.7 Å². The zero-order valence-electron chi connectivity index (χ0n) is 15.3. The minimum atomic E-state index is -0.186. The summed E-state index contributed by atoms with van der Waals surface area (Å²) in [5, 5.41) is 12.1. The predicted molar refractivity (Wildman–Crippen MR) is 111 cm³/mol. The lowest BCUT2D eigenvalue weighted by molar-refractivity contribution is -0.113. The van der Waals surface area contributed by atoms with Crippen LogP contribution in [-0.4, -0.2) is 26.5 Å². The number of nitrogen functional groups attached to an aromatic ring is 1. The van der Waals surface area contributed by atoms with Crippen LogP contribution in [0.3, 0.4) is 0 Å². The van der Waals surface area contributed by atoms with Gasteiger partial charge in [0.1, 0.15) is 0 Å². The molecule has 0 aliphatic rings. The van der Waals surface area contributed by atoms with Crippen LogP contribution in [-0.2, 0) is 4.79 Å². The molecule has 1 amide bonds. The fourth-order valence-electron chi connectivity index (χ4n) is 2.74. The summed E-state index contributed by atoms with van der Waals surface area (Å²) in [6, 6.07) is 11.6. The minimum Gasteiger partial charge on any atom is -0.335 e. The number of hydrogen-bond donors (Lipinski definition) is 2. The van der Waals surface area contributed by atoms with Crippen LogP contribution in [0.15, 0.2) is 41.6 Å². The zero-order valence-corrected chi connectivity index (χ0v) is 16.9. The highest BCUT2D eigenvalue weighted by Crippen LogP contribution is 2.28. The summed E-state index contributed by atoms with van der Waals surface area (Å²) >= 11 is 7.46. The highest BCUT2D eigenvalue weighted by molar-refractivity contribution is 7.99. The number of nitrogens with one attached hydrogen (secondary N) is 1. The number of aromatic nitrogens is 3. The molecule has 27 heavy (non-hydrogen) atoms. The summed E-state index contributed by atoms with van der Waals surface area (Å²) in [7, 11) is 0. The predicted octanol–water partition coefficient (Wildman–Crippen LogP) is 3.97. The second-order valence-electron chi connectivity index (χ2n) is 6.32. The van der Waals surface area contributed by atoms with Gasteiger partial charge in [-0.2, -0.15) is 0 Å². The molecule has 2 aromatic carbocycles. The Morgan fingerprint density at radius 3 is 2.67 bits per heavy atom. The molecular weight excluding hydrogens is 382 g/mol. The Kier molecular flexibility index (Phi) is 5.72. The van der Waals surface area contributed by atoms with E-state index >= 15 is 0 Å². The van der Waals surface area contributed by atoms with Crippen LogP contribution in [0.4, 0.5) is 5.69 Å². The summed E-state index contributed by atoms with van der Waals surface area (Å²) in [5.74, 6) is 6.62. The molecule has 0 unspecified atom stereocenters. The van der Waals surface area contributed by atoms with E-state index in [4.69, 9.17) is 17.4 Å². The number of amides is 1. The number of hydrogen-bond acceptors (Lipinski definition) is 5. The lowest BCUT2D eigenvalue weighted by Gasteiger charge is -2.11. The van der Waals surface area contributed by atoms with Gasteiger partial charge in [-0.25, -0.2) is 4.68 Å². The summed E-state index contributed by atoms with van der Waals surface area (Å²) in [4.78, 5) is 12.3. The summed E-state index contributed by atoms with van der Waals surface area (Å²) in [6.07, 6.45) is 0. The van der Waals surface area contributed by atoms with Gasteiger partial charge in [0.2, 0.25) is 11.1 Å². The molecule has 1 aromatic heterocycles. The van der Waals surface area contributed by atoms with Crippen molar-refractivity contribution < 1.29 is 4.79 Å². The van der Waals surface area contributed by atoms with E-state index in [2.05, 4.69) is 15.5 Å². The molecule has 0 aliphatic carbocycles. The van der Waals surface area contributed by atoms with Crippen molar-refractivity contribution in [3.63, 3.8) is 0 Å². The third-order valence-corrected chi connectivity index (χ3v) is 5.21. The highest BCUT2D eigenvalue weighted by atomic mass is 35.5. The standard InChI is InChI=1S/C19H20ClN5OS/c1-11-5-4-6-14(8-11)18-23-24-19(25(18)21)27-10-16(26)22-17-13(3)7-12(2)9-15(17)20/h4-9H,10,21H2,1-3H3,(H,22,26). The van der Waals surface area contributed by atoms with Crippen molar-refractivity contribution >= 4 is 35.0 Å². The number of nitrogens with zero attached hydrogens (tertiary/aromatic N) is 3. The Balaban J connectivity index is 1.68. The van der Waals surface area contributed by atoms with Gasteiger partial charge in [0, 0.05) is 5.56 Å². The van der Waals surface area contributed by atoms with E-state index in [0.717, 1.165) is 22.3 Å². The van der Waals surface area contributed by atoms with Gasteiger partial charge in [-0.3, -0.25) is 4.79 Å². The molecule has 3 rings (SSSR count). The van der Waals surface area contributed by atoms with Crippen molar-refractivity contribution in [3.05, 3.63) is 58.1 Å². The molecule has 8 heteroatoms. The maximum absolute atomic E-state index is 12.3. The van der Waals surface area contributed by atoms with Gasteiger partial charge in [-0.05, 0) is 44.0 Å². The first-order chi connectivity index (χ1) is 12.8. The lowest BCUT2D eigenvalue weighted by atomic mass is 10.1. The number of anilines is 1. The van der Waals surface area contributed by atoms with Crippen LogP contribution >= 0.6 is 23.4 Å². The highest BCUT2D eigenvalue weighted by Gasteiger charge is 2.15. The molecule has 3 N–H and O–H groups in total. The van der Waals surface area contributed by atoms with Gasteiger partial charge >= 0.3 is 0 Å². The van der Waals surface area contributed by atoms with E-state index in [0.29, 0.717) is 21.7 Å². The molecule has 3 aromatic rings. The normalized spacial score (nSPS) is 10.8. The molecule has 140 valence electrons.